The third-order valence-corrected chi connectivity index (χ3v) is 6.02. The Labute approximate surface area is 195 Å². The highest BCUT2D eigenvalue weighted by Crippen LogP contribution is 2.32. The molecule has 0 spiro atoms. The highest BCUT2D eigenvalue weighted by molar-refractivity contribution is 7.90. The van der Waals surface area contributed by atoms with Crippen molar-refractivity contribution in [3.05, 3.63) is 71.3 Å². The van der Waals surface area contributed by atoms with Gasteiger partial charge in [-0.2, -0.15) is 0 Å². The molecule has 0 saturated heterocycles. The standard InChI is InChI=1S/C22H26FN3O2S.2ClH/c1-15(2)22-19(13-16-6-8-18(9-7-16)29(3,27)28)21-20(5-4-12-25-21)26(22)14-17(23)10-11-24;;/h4-10,12,15H,11,13-14,24H2,1-3H3;2*1H/b17-10-;;. The third-order valence-electron chi connectivity index (χ3n) is 4.89. The van der Waals surface area contributed by atoms with Crippen molar-refractivity contribution in [2.75, 3.05) is 12.8 Å². The summed E-state index contributed by atoms with van der Waals surface area (Å²) in [4.78, 5) is 4.86. The average molecular weight is 488 g/mol. The predicted octanol–water partition coefficient (Wildman–Crippen LogP) is 4.81. The van der Waals surface area contributed by atoms with Crippen LogP contribution in [0.25, 0.3) is 11.0 Å². The van der Waals surface area contributed by atoms with Gasteiger partial charge in [-0.05, 0) is 41.8 Å². The SMILES string of the molecule is CC(C)c1c(Cc2ccc(S(C)(=O)=O)cc2)c2ncccc2n1C/C(F)=C/CN.Cl.Cl. The first-order chi connectivity index (χ1) is 13.7. The summed E-state index contributed by atoms with van der Waals surface area (Å²) in [7, 11) is -3.24. The molecule has 0 aliphatic heterocycles. The minimum absolute atomic E-state index is 0. The molecule has 170 valence electrons. The molecule has 1 aromatic carbocycles. The lowest BCUT2D eigenvalue weighted by atomic mass is 9.99. The lowest BCUT2D eigenvalue weighted by molar-refractivity contribution is 0.544. The highest BCUT2D eigenvalue weighted by Gasteiger charge is 2.21. The van der Waals surface area contributed by atoms with E-state index in [0.29, 0.717) is 11.3 Å². The summed E-state index contributed by atoms with van der Waals surface area (Å²) in [6, 6.07) is 10.7. The topological polar surface area (TPSA) is 78.0 Å². The number of aromatic nitrogens is 2. The summed E-state index contributed by atoms with van der Waals surface area (Å²) in [5.74, 6) is -0.126. The van der Waals surface area contributed by atoms with Crippen molar-refractivity contribution in [1.82, 2.24) is 9.55 Å². The second kappa shape index (κ2) is 11.1. The Hall–Kier alpha value is -1.93. The van der Waals surface area contributed by atoms with E-state index in [0.717, 1.165) is 27.9 Å². The molecule has 0 radical (unpaired) electrons. The summed E-state index contributed by atoms with van der Waals surface area (Å²) in [6.45, 7) is 4.41. The zero-order valence-corrected chi connectivity index (χ0v) is 20.2. The lowest BCUT2D eigenvalue weighted by Crippen LogP contribution is -2.08. The number of fused-ring (bicyclic) bond motifs is 1. The minimum atomic E-state index is -3.24. The van der Waals surface area contributed by atoms with Gasteiger partial charge in [0, 0.05) is 36.7 Å². The number of pyridine rings is 1. The van der Waals surface area contributed by atoms with Crippen LogP contribution >= 0.6 is 24.8 Å². The van der Waals surface area contributed by atoms with Crippen LogP contribution < -0.4 is 5.73 Å². The normalized spacial score (nSPS) is 12.0. The second-order valence-corrected chi connectivity index (χ2v) is 9.47. The summed E-state index contributed by atoms with van der Waals surface area (Å²) >= 11 is 0. The molecule has 0 fully saturated rings. The van der Waals surface area contributed by atoms with E-state index in [1.807, 2.05) is 28.8 Å². The number of hydrogen-bond acceptors (Lipinski definition) is 4. The third kappa shape index (κ3) is 6.07. The van der Waals surface area contributed by atoms with Crippen LogP contribution in [0.2, 0.25) is 0 Å². The average Bonchev–Trinajstić information content (AvgIpc) is 2.95. The van der Waals surface area contributed by atoms with Crippen LogP contribution in [0.15, 0.2) is 59.4 Å². The van der Waals surface area contributed by atoms with Crippen LogP contribution in [-0.4, -0.2) is 30.8 Å². The van der Waals surface area contributed by atoms with Gasteiger partial charge in [0.15, 0.2) is 9.84 Å². The molecule has 2 aromatic heterocycles. The largest absolute Gasteiger partial charge is 0.336 e. The van der Waals surface area contributed by atoms with Crippen LogP contribution in [0.1, 0.15) is 36.6 Å². The summed E-state index contributed by atoms with van der Waals surface area (Å²) < 4.78 is 39.7. The smallest absolute Gasteiger partial charge is 0.175 e. The molecule has 0 unspecified atom stereocenters. The van der Waals surface area contributed by atoms with Crippen molar-refractivity contribution in [2.24, 2.45) is 5.73 Å². The van der Waals surface area contributed by atoms with Crippen molar-refractivity contribution < 1.29 is 12.8 Å². The number of sulfone groups is 1. The molecule has 0 bridgehead atoms. The molecular weight excluding hydrogens is 460 g/mol. The number of rotatable bonds is 7. The quantitative estimate of drug-likeness (QED) is 0.518. The number of allylic oxidation sites excluding steroid dienone is 1. The Bertz CT molecular complexity index is 1160. The monoisotopic (exact) mass is 487 g/mol. The summed E-state index contributed by atoms with van der Waals surface area (Å²) in [6.07, 6.45) is 4.90. The van der Waals surface area contributed by atoms with E-state index in [9.17, 15) is 12.8 Å². The molecule has 0 saturated carbocycles. The summed E-state index contributed by atoms with van der Waals surface area (Å²) in [5, 5.41) is 0. The Balaban J connectivity index is 0.00000240. The van der Waals surface area contributed by atoms with Crippen LogP contribution in [0.4, 0.5) is 4.39 Å². The molecule has 3 rings (SSSR count). The number of benzene rings is 1. The fourth-order valence-electron chi connectivity index (χ4n) is 3.67. The molecule has 3 aromatic rings. The van der Waals surface area contributed by atoms with Gasteiger partial charge in [0.05, 0.1) is 22.5 Å². The van der Waals surface area contributed by atoms with Gasteiger partial charge >= 0.3 is 0 Å². The van der Waals surface area contributed by atoms with Crippen molar-refractivity contribution in [2.45, 2.75) is 37.6 Å². The fraction of sp³-hybridized carbons (Fsp3) is 0.318. The van der Waals surface area contributed by atoms with E-state index in [4.69, 9.17) is 5.73 Å². The molecule has 5 nitrogen and oxygen atoms in total. The van der Waals surface area contributed by atoms with Crippen molar-refractivity contribution in [1.29, 1.82) is 0 Å². The van der Waals surface area contributed by atoms with Crippen LogP contribution in [0, 0.1) is 0 Å². The zero-order chi connectivity index (χ0) is 21.2. The van der Waals surface area contributed by atoms with Gasteiger partial charge in [-0.15, -0.1) is 24.8 Å². The molecule has 0 aliphatic carbocycles. The molecule has 0 atom stereocenters. The Morgan fingerprint density at radius 1 is 1.19 bits per heavy atom. The molecule has 31 heavy (non-hydrogen) atoms. The number of hydrogen-bond donors (Lipinski definition) is 1. The predicted molar refractivity (Wildman–Crippen MR) is 129 cm³/mol. The van der Waals surface area contributed by atoms with Gasteiger partial charge in [0.25, 0.3) is 0 Å². The maximum atomic E-state index is 14.3. The molecule has 0 amide bonds. The van der Waals surface area contributed by atoms with Crippen LogP contribution in [0.5, 0.6) is 0 Å². The van der Waals surface area contributed by atoms with E-state index < -0.39 is 9.84 Å². The summed E-state index contributed by atoms with van der Waals surface area (Å²) in [5.41, 5.74) is 10.2. The number of halogens is 3. The zero-order valence-electron chi connectivity index (χ0n) is 17.7. The Morgan fingerprint density at radius 2 is 1.84 bits per heavy atom. The maximum Gasteiger partial charge on any atom is 0.175 e. The molecule has 0 aliphatic rings. The van der Waals surface area contributed by atoms with Gasteiger partial charge < -0.3 is 10.3 Å². The minimum Gasteiger partial charge on any atom is -0.336 e. The van der Waals surface area contributed by atoms with Gasteiger partial charge in [0.1, 0.15) is 5.83 Å². The first-order valence-corrected chi connectivity index (χ1v) is 11.4. The highest BCUT2D eigenvalue weighted by atomic mass is 35.5. The maximum absolute atomic E-state index is 14.3. The molecule has 2 N–H and O–H groups in total. The Morgan fingerprint density at radius 3 is 2.39 bits per heavy atom. The second-order valence-electron chi connectivity index (χ2n) is 7.46. The molecular formula is C22H28Cl2FN3O2S. The van der Waals surface area contributed by atoms with E-state index in [2.05, 4.69) is 18.8 Å². The van der Waals surface area contributed by atoms with Crippen molar-refractivity contribution in [3.63, 3.8) is 0 Å². The van der Waals surface area contributed by atoms with Gasteiger partial charge in [-0.3, -0.25) is 4.98 Å². The molecule has 2 heterocycles. The lowest BCUT2D eigenvalue weighted by Gasteiger charge is -2.15. The fourth-order valence-corrected chi connectivity index (χ4v) is 4.30. The molecule has 9 heteroatoms. The number of nitrogens with zero attached hydrogens (tertiary/aromatic N) is 2. The van der Waals surface area contributed by atoms with Crippen LogP contribution in [-0.2, 0) is 22.8 Å². The van der Waals surface area contributed by atoms with E-state index >= 15 is 0 Å². The van der Waals surface area contributed by atoms with Crippen LogP contribution in [0.3, 0.4) is 0 Å². The first-order valence-electron chi connectivity index (χ1n) is 9.52. The van der Waals surface area contributed by atoms with E-state index in [-0.39, 0.29) is 49.6 Å². The Kier molecular flexibility index (Phi) is 9.69. The van der Waals surface area contributed by atoms with Gasteiger partial charge in [-0.1, -0.05) is 26.0 Å². The van der Waals surface area contributed by atoms with Crippen molar-refractivity contribution in [3.8, 4) is 0 Å². The van der Waals surface area contributed by atoms with Crippen molar-refractivity contribution >= 4 is 45.7 Å². The van der Waals surface area contributed by atoms with E-state index in [1.165, 1.54) is 12.3 Å². The van der Waals surface area contributed by atoms with Gasteiger partial charge in [0.2, 0.25) is 0 Å². The van der Waals surface area contributed by atoms with Gasteiger partial charge in [-0.25, -0.2) is 12.8 Å². The van der Waals surface area contributed by atoms with E-state index in [1.54, 1.807) is 18.3 Å². The first kappa shape index (κ1) is 27.1. The number of nitrogens with two attached hydrogens (primary N) is 1.